The van der Waals surface area contributed by atoms with E-state index in [2.05, 4.69) is 16.0 Å². The summed E-state index contributed by atoms with van der Waals surface area (Å²) >= 11 is 0. The van der Waals surface area contributed by atoms with E-state index in [0.717, 1.165) is 0 Å². The van der Waals surface area contributed by atoms with Crippen molar-refractivity contribution < 1.29 is 38.1 Å². The Labute approximate surface area is 212 Å². The lowest BCUT2D eigenvalue weighted by Gasteiger charge is -2.19. The normalized spacial score (nSPS) is 10.1. The third-order valence-corrected chi connectivity index (χ3v) is 4.48. The van der Waals surface area contributed by atoms with Crippen molar-refractivity contribution in [2.45, 2.75) is 6.10 Å². The minimum absolute atomic E-state index is 0.197. The second-order valence-electron chi connectivity index (χ2n) is 7.33. The molecule has 3 N–H and O–H groups in total. The number of ether oxygens (including phenoxy) is 4. The number of hydrogen-bond donors (Lipinski definition) is 3. The molecule has 11 nitrogen and oxygen atoms in total. The molecule has 0 atom stereocenters. The average molecular weight is 507 g/mol. The standard InChI is InChI=1S/C26H25N3O8/c30-23(18-29-26(33)37-21-14-8-3-9-15-21)34-22(16-27-24(31)35-19-10-4-1-5-11-19)17-28-25(32)36-20-12-6-2-7-13-20/h1-15,22H,16-18H2,(H,27,31)(H,28,32)(H,29,33). The van der Waals surface area contributed by atoms with Crippen LogP contribution in [-0.4, -0.2) is 50.0 Å². The van der Waals surface area contributed by atoms with Gasteiger partial charge in [0.15, 0.2) is 0 Å². The summed E-state index contributed by atoms with van der Waals surface area (Å²) in [4.78, 5) is 48.4. The second kappa shape index (κ2) is 14.4. The Morgan fingerprint density at radius 2 is 0.892 bits per heavy atom. The fourth-order valence-corrected chi connectivity index (χ4v) is 2.82. The first-order valence-electron chi connectivity index (χ1n) is 11.2. The lowest BCUT2D eigenvalue weighted by Crippen LogP contribution is -2.45. The van der Waals surface area contributed by atoms with Crippen molar-refractivity contribution in [3.63, 3.8) is 0 Å². The fraction of sp³-hybridized carbons (Fsp3) is 0.154. The molecule has 0 aliphatic carbocycles. The van der Waals surface area contributed by atoms with Gasteiger partial charge in [-0.2, -0.15) is 0 Å². The zero-order valence-electron chi connectivity index (χ0n) is 19.6. The van der Waals surface area contributed by atoms with Crippen LogP contribution in [0.2, 0.25) is 0 Å². The van der Waals surface area contributed by atoms with Crippen LogP contribution in [-0.2, 0) is 9.53 Å². The lowest BCUT2D eigenvalue weighted by atomic mass is 10.3. The maximum atomic E-state index is 12.3. The highest BCUT2D eigenvalue weighted by atomic mass is 16.6. The number of benzene rings is 3. The van der Waals surface area contributed by atoms with Crippen LogP contribution in [0.1, 0.15) is 0 Å². The monoisotopic (exact) mass is 507 g/mol. The summed E-state index contributed by atoms with van der Waals surface area (Å²) in [5.74, 6) is 0.110. The highest BCUT2D eigenvalue weighted by Gasteiger charge is 2.19. The minimum Gasteiger partial charge on any atom is -0.457 e. The Morgan fingerprint density at radius 3 is 1.27 bits per heavy atom. The predicted molar refractivity (Wildman–Crippen MR) is 131 cm³/mol. The number of hydrogen-bond acceptors (Lipinski definition) is 8. The van der Waals surface area contributed by atoms with E-state index in [-0.39, 0.29) is 13.1 Å². The van der Waals surface area contributed by atoms with Crippen molar-refractivity contribution >= 4 is 24.2 Å². The third-order valence-electron chi connectivity index (χ3n) is 4.48. The lowest BCUT2D eigenvalue weighted by molar-refractivity contribution is -0.147. The summed E-state index contributed by atoms with van der Waals surface area (Å²) in [6, 6.07) is 25.0. The van der Waals surface area contributed by atoms with Crippen LogP contribution in [0, 0.1) is 0 Å². The first-order valence-corrected chi connectivity index (χ1v) is 11.2. The molecule has 11 heteroatoms. The summed E-state index contributed by atoms with van der Waals surface area (Å²) < 4.78 is 20.6. The van der Waals surface area contributed by atoms with Gasteiger partial charge in [0, 0.05) is 0 Å². The molecular weight excluding hydrogens is 482 g/mol. The topological polar surface area (TPSA) is 141 Å². The van der Waals surface area contributed by atoms with Gasteiger partial charge in [-0.3, -0.25) is 4.79 Å². The first-order chi connectivity index (χ1) is 18.0. The molecule has 0 bridgehead atoms. The Balaban J connectivity index is 1.49. The number of carbonyl (C=O) groups is 4. The molecule has 0 aromatic heterocycles. The van der Waals surface area contributed by atoms with E-state index in [1.54, 1.807) is 91.0 Å². The van der Waals surface area contributed by atoms with Crippen LogP contribution in [0.15, 0.2) is 91.0 Å². The van der Waals surface area contributed by atoms with Gasteiger partial charge in [-0.1, -0.05) is 54.6 Å². The molecule has 0 saturated heterocycles. The van der Waals surface area contributed by atoms with Crippen molar-refractivity contribution in [1.29, 1.82) is 0 Å². The molecule has 0 aliphatic rings. The molecule has 3 rings (SSSR count). The van der Waals surface area contributed by atoms with E-state index >= 15 is 0 Å². The average Bonchev–Trinajstić information content (AvgIpc) is 2.91. The van der Waals surface area contributed by atoms with E-state index < -0.39 is 36.9 Å². The second-order valence-corrected chi connectivity index (χ2v) is 7.33. The van der Waals surface area contributed by atoms with Crippen LogP contribution in [0.25, 0.3) is 0 Å². The molecule has 37 heavy (non-hydrogen) atoms. The van der Waals surface area contributed by atoms with E-state index in [9.17, 15) is 19.2 Å². The van der Waals surface area contributed by atoms with Crippen molar-refractivity contribution in [3.8, 4) is 17.2 Å². The fourth-order valence-electron chi connectivity index (χ4n) is 2.82. The zero-order chi connectivity index (χ0) is 26.3. The molecule has 3 aromatic rings. The van der Waals surface area contributed by atoms with E-state index in [1.807, 2.05) is 0 Å². The summed E-state index contributed by atoms with van der Waals surface area (Å²) in [6.07, 6.45) is -3.44. The molecule has 0 fully saturated rings. The third kappa shape index (κ3) is 10.4. The van der Waals surface area contributed by atoms with Crippen molar-refractivity contribution in [2.24, 2.45) is 0 Å². The van der Waals surface area contributed by atoms with Gasteiger partial charge in [-0.15, -0.1) is 0 Å². The largest absolute Gasteiger partial charge is 0.457 e. The highest BCUT2D eigenvalue weighted by Crippen LogP contribution is 2.10. The van der Waals surface area contributed by atoms with Crippen molar-refractivity contribution in [2.75, 3.05) is 19.6 Å². The van der Waals surface area contributed by atoms with Gasteiger partial charge >= 0.3 is 24.2 Å². The molecule has 3 aromatic carbocycles. The Kier molecular flexibility index (Phi) is 10.3. The van der Waals surface area contributed by atoms with Crippen LogP contribution < -0.4 is 30.2 Å². The van der Waals surface area contributed by atoms with E-state index in [4.69, 9.17) is 18.9 Å². The maximum Gasteiger partial charge on any atom is 0.413 e. The number of para-hydroxylation sites is 3. The molecule has 0 saturated carbocycles. The van der Waals surface area contributed by atoms with E-state index in [0.29, 0.717) is 17.2 Å². The number of esters is 1. The van der Waals surface area contributed by atoms with Gasteiger partial charge in [0.25, 0.3) is 0 Å². The predicted octanol–water partition coefficient (Wildman–Crippen LogP) is 3.26. The molecule has 0 unspecified atom stereocenters. The Morgan fingerprint density at radius 1 is 0.541 bits per heavy atom. The molecule has 192 valence electrons. The summed E-state index contributed by atoms with van der Waals surface area (Å²) in [5, 5.41) is 7.20. The van der Waals surface area contributed by atoms with Gasteiger partial charge in [0.05, 0.1) is 13.1 Å². The number of nitrogens with one attached hydrogen (secondary N) is 3. The van der Waals surface area contributed by atoms with Crippen LogP contribution >= 0.6 is 0 Å². The Hall–Kier alpha value is -5.06. The van der Waals surface area contributed by atoms with Crippen LogP contribution in [0.5, 0.6) is 17.2 Å². The quantitative estimate of drug-likeness (QED) is 0.355. The van der Waals surface area contributed by atoms with Gasteiger partial charge in [-0.25, -0.2) is 14.4 Å². The molecule has 0 aliphatic heterocycles. The molecule has 0 heterocycles. The SMILES string of the molecule is O=C(CNC(=O)Oc1ccccc1)OC(CNC(=O)Oc1ccccc1)CNC(=O)Oc1ccccc1. The number of amides is 3. The van der Waals surface area contributed by atoms with Gasteiger partial charge in [0.1, 0.15) is 29.9 Å². The van der Waals surface area contributed by atoms with Gasteiger partial charge in [0.2, 0.25) is 0 Å². The van der Waals surface area contributed by atoms with E-state index in [1.165, 1.54) is 0 Å². The highest BCUT2D eigenvalue weighted by molar-refractivity contribution is 5.79. The van der Waals surface area contributed by atoms with Gasteiger partial charge < -0.3 is 34.9 Å². The number of carbonyl (C=O) groups excluding carboxylic acids is 4. The number of rotatable bonds is 10. The van der Waals surface area contributed by atoms with Crippen molar-refractivity contribution in [3.05, 3.63) is 91.0 Å². The summed E-state index contributed by atoms with van der Waals surface area (Å²) in [7, 11) is 0. The smallest absolute Gasteiger partial charge is 0.413 e. The zero-order valence-corrected chi connectivity index (χ0v) is 19.6. The van der Waals surface area contributed by atoms with Crippen LogP contribution in [0.3, 0.4) is 0 Å². The summed E-state index contributed by atoms with van der Waals surface area (Å²) in [6.45, 7) is -0.903. The molecule has 0 spiro atoms. The molecular formula is C26H25N3O8. The van der Waals surface area contributed by atoms with Gasteiger partial charge in [-0.05, 0) is 36.4 Å². The van der Waals surface area contributed by atoms with Crippen molar-refractivity contribution in [1.82, 2.24) is 16.0 Å². The Bertz CT molecular complexity index is 1100. The minimum atomic E-state index is -1.01. The molecule has 0 radical (unpaired) electrons. The van der Waals surface area contributed by atoms with Crippen LogP contribution in [0.4, 0.5) is 14.4 Å². The maximum absolute atomic E-state index is 12.3. The first kappa shape index (κ1) is 26.5. The molecule has 3 amide bonds. The summed E-state index contributed by atoms with van der Waals surface area (Å²) in [5.41, 5.74) is 0.